The molecular weight excluding hydrogens is 353 g/mol. The summed E-state index contributed by atoms with van der Waals surface area (Å²) in [6, 6.07) is 15.9. The molecule has 2 N–H and O–H groups in total. The fourth-order valence-corrected chi connectivity index (χ4v) is 2.84. The number of carbonyl (C=O) groups is 1. The van der Waals surface area contributed by atoms with E-state index in [1.807, 2.05) is 42.5 Å². The molecule has 2 aromatic rings. The number of carboxylic acid groups (broad SMARTS) is 1. The molecule has 2 unspecified atom stereocenters. The van der Waals surface area contributed by atoms with Crippen molar-refractivity contribution in [3.8, 4) is 0 Å². The molecule has 0 aromatic heterocycles. The van der Waals surface area contributed by atoms with Gasteiger partial charge in [0.2, 0.25) is 0 Å². The Morgan fingerprint density at radius 3 is 2.17 bits per heavy atom. The number of nitrogens with one attached hydrogen (secondary N) is 1. The van der Waals surface area contributed by atoms with Crippen LogP contribution >= 0.6 is 35.8 Å². The quantitative estimate of drug-likeness (QED) is 0.502. The average Bonchev–Trinajstić information content (AvgIpc) is 2.53. The maximum Gasteiger partial charge on any atom is 0.320 e. The fourth-order valence-electron chi connectivity index (χ4n) is 2.32. The Labute approximate surface area is 151 Å². The van der Waals surface area contributed by atoms with Crippen molar-refractivity contribution in [3.63, 3.8) is 0 Å². The molecule has 3 nitrogen and oxygen atoms in total. The molecule has 0 bridgehead atoms. The van der Waals surface area contributed by atoms with E-state index in [9.17, 15) is 9.90 Å². The van der Waals surface area contributed by atoms with Gasteiger partial charge in [0.05, 0.1) is 10.8 Å². The van der Waals surface area contributed by atoms with Crippen molar-refractivity contribution in [1.29, 1.82) is 0 Å². The maximum absolute atomic E-state index is 11.5. The van der Waals surface area contributed by atoms with Crippen molar-refractivity contribution in [3.05, 3.63) is 70.7 Å². The summed E-state index contributed by atoms with van der Waals surface area (Å²) in [5, 5.41) is 13.2. The molecule has 3 atom stereocenters. The lowest BCUT2D eigenvalue weighted by Crippen LogP contribution is -2.40. The minimum Gasteiger partial charge on any atom is -0.480 e. The Hall–Kier alpha value is -1.20. The Bertz CT molecular complexity index is 635. The van der Waals surface area contributed by atoms with Crippen LogP contribution in [0.5, 0.6) is 0 Å². The predicted octanol–water partition coefficient (Wildman–Crippen LogP) is 4.36. The van der Waals surface area contributed by atoms with E-state index in [1.54, 1.807) is 12.1 Å². The van der Waals surface area contributed by atoms with Gasteiger partial charge in [0.15, 0.2) is 0 Å². The molecule has 2 rings (SSSR count). The Balaban J connectivity index is 2.33. The van der Waals surface area contributed by atoms with Gasteiger partial charge in [-0.3, -0.25) is 10.1 Å². The first-order valence-corrected chi connectivity index (χ1v) is 8.42. The number of thiol groups is 1. The summed E-state index contributed by atoms with van der Waals surface area (Å²) in [4.78, 5) is 11.5. The second-order valence-corrected chi connectivity index (χ2v) is 7.01. The van der Waals surface area contributed by atoms with E-state index in [1.165, 1.54) is 0 Å². The number of aliphatic carboxylic acids is 1. The number of alkyl halides is 1. The zero-order chi connectivity index (χ0) is 16.8. The average molecular weight is 370 g/mol. The number of carboxylic acids is 1. The summed E-state index contributed by atoms with van der Waals surface area (Å²) in [6.07, 6.45) is 0.205. The first-order valence-electron chi connectivity index (χ1n) is 7.09. The van der Waals surface area contributed by atoms with Gasteiger partial charge in [-0.05, 0) is 29.7 Å². The van der Waals surface area contributed by atoms with Crippen LogP contribution in [-0.4, -0.2) is 21.8 Å². The molecule has 6 heteroatoms. The minimum atomic E-state index is -0.959. The standard InChI is InChI=1S/C17H17Cl2NO2S/c18-13-8-6-12(7-9-13)16(11-4-2-1-3-5-11)20-14(17(21)22)10-15(19)23/h1-9,14-16,20,23H,10H2,(H,21,22)/t14?,15-,16?/m1/s1. The van der Waals surface area contributed by atoms with Gasteiger partial charge in [-0.15, -0.1) is 11.6 Å². The van der Waals surface area contributed by atoms with Gasteiger partial charge < -0.3 is 5.11 Å². The number of hydrogen-bond donors (Lipinski definition) is 3. The van der Waals surface area contributed by atoms with Gasteiger partial charge in [0.25, 0.3) is 0 Å². The molecule has 0 aliphatic rings. The molecule has 0 fully saturated rings. The summed E-state index contributed by atoms with van der Waals surface area (Å²) in [5.74, 6) is -0.959. The number of halogens is 2. The summed E-state index contributed by atoms with van der Waals surface area (Å²) >= 11 is 15.9. The molecule has 0 amide bonds. The molecule has 0 aliphatic carbocycles. The highest BCUT2D eigenvalue weighted by atomic mass is 35.5. The Morgan fingerprint density at radius 2 is 1.65 bits per heavy atom. The molecule has 0 aliphatic heterocycles. The van der Waals surface area contributed by atoms with Gasteiger partial charge in [-0.25, -0.2) is 0 Å². The lowest BCUT2D eigenvalue weighted by molar-refractivity contribution is -0.139. The normalized spacial score (nSPS) is 14.9. The van der Waals surface area contributed by atoms with E-state index >= 15 is 0 Å². The molecule has 0 heterocycles. The van der Waals surface area contributed by atoms with Crippen LogP contribution in [0.15, 0.2) is 54.6 Å². The van der Waals surface area contributed by atoms with Crippen molar-refractivity contribution >= 4 is 41.8 Å². The van der Waals surface area contributed by atoms with E-state index in [0.29, 0.717) is 5.02 Å². The monoisotopic (exact) mass is 369 g/mol. The minimum absolute atomic E-state index is 0.205. The van der Waals surface area contributed by atoms with Crippen molar-refractivity contribution < 1.29 is 9.90 Å². The van der Waals surface area contributed by atoms with Crippen LogP contribution in [0.3, 0.4) is 0 Å². The Morgan fingerprint density at radius 1 is 1.09 bits per heavy atom. The highest BCUT2D eigenvalue weighted by Gasteiger charge is 2.25. The lowest BCUT2D eigenvalue weighted by Gasteiger charge is -2.25. The highest BCUT2D eigenvalue weighted by molar-refractivity contribution is 7.82. The Kier molecular flexibility index (Phi) is 6.78. The first-order chi connectivity index (χ1) is 11.0. The van der Waals surface area contributed by atoms with E-state index < -0.39 is 16.7 Å². The van der Waals surface area contributed by atoms with Gasteiger partial charge in [-0.1, -0.05) is 54.1 Å². The van der Waals surface area contributed by atoms with Gasteiger partial charge in [0, 0.05) is 5.02 Å². The second-order valence-electron chi connectivity index (χ2n) is 5.12. The molecule has 122 valence electrons. The second kappa shape index (κ2) is 8.60. The molecule has 0 saturated carbocycles. The van der Waals surface area contributed by atoms with Crippen LogP contribution in [0.25, 0.3) is 0 Å². The van der Waals surface area contributed by atoms with Crippen LogP contribution in [0, 0.1) is 0 Å². The molecule has 0 spiro atoms. The smallest absolute Gasteiger partial charge is 0.320 e. The largest absolute Gasteiger partial charge is 0.480 e. The van der Waals surface area contributed by atoms with Crippen LogP contribution in [0.1, 0.15) is 23.6 Å². The van der Waals surface area contributed by atoms with Crippen molar-refractivity contribution in [2.45, 2.75) is 23.2 Å². The van der Waals surface area contributed by atoms with Gasteiger partial charge in [-0.2, -0.15) is 12.6 Å². The molecule has 23 heavy (non-hydrogen) atoms. The van der Waals surface area contributed by atoms with Crippen LogP contribution in [0.2, 0.25) is 5.02 Å². The summed E-state index contributed by atoms with van der Waals surface area (Å²) in [7, 11) is 0. The maximum atomic E-state index is 11.5. The zero-order valence-electron chi connectivity index (χ0n) is 12.2. The molecule has 0 radical (unpaired) electrons. The topological polar surface area (TPSA) is 49.3 Å². The summed E-state index contributed by atoms with van der Waals surface area (Å²) < 4.78 is -0.537. The van der Waals surface area contributed by atoms with E-state index in [4.69, 9.17) is 23.2 Å². The van der Waals surface area contributed by atoms with Crippen LogP contribution in [0.4, 0.5) is 0 Å². The highest BCUT2D eigenvalue weighted by Crippen LogP contribution is 2.25. The lowest BCUT2D eigenvalue weighted by atomic mass is 9.97. The van der Waals surface area contributed by atoms with E-state index in [2.05, 4.69) is 17.9 Å². The SMILES string of the molecule is O=C(O)C(C[C@@H](S)Cl)NC(c1ccccc1)c1ccc(Cl)cc1. The number of benzene rings is 2. The van der Waals surface area contributed by atoms with Crippen LogP contribution in [-0.2, 0) is 4.79 Å². The molecular formula is C17H17Cl2NO2S. The van der Waals surface area contributed by atoms with E-state index in [-0.39, 0.29) is 12.5 Å². The first kappa shape index (κ1) is 18.1. The van der Waals surface area contributed by atoms with Gasteiger partial charge >= 0.3 is 5.97 Å². The summed E-state index contributed by atoms with van der Waals surface area (Å²) in [5.41, 5.74) is 1.89. The third-order valence-electron chi connectivity index (χ3n) is 3.43. The third kappa shape index (κ3) is 5.43. The zero-order valence-corrected chi connectivity index (χ0v) is 14.6. The third-order valence-corrected chi connectivity index (χ3v) is 4.07. The van der Waals surface area contributed by atoms with Crippen molar-refractivity contribution in [2.24, 2.45) is 0 Å². The van der Waals surface area contributed by atoms with Gasteiger partial charge in [0.1, 0.15) is 6.04 Å². The van der Waals surface area contributed by atoms with Crippen molar-refractivity contribution in [1.82, 2.24) is 5.32 Å². The molecule has 2 aromatic carbocycles. The van der Waals surface area contributed by atoms with E-state index in [0.717, 1.165) is 11.1 Å². The predicted molar refractivity (Wildman–Crippen MR) is 97.5 cm³/mol. The van der Waals surface area contributed by atoms with Crippen LogP contribution < -0.4 is 5.32 Å². The summed E-state index contributed by atoms with van der Waals surface area (Å²) in [6.45, 7) is 0. The fraction of sp³-hybridized carbons (Fsp3) is 0.235. The number of rotatable bonds is 7. The number of hydrogen-bond acceptors (Lipinski definition) is 3. The molecule has 0 saturated heterocycles. The van der Waals surface area contributed by atoms with Crippen molar-refractivity contribution in [2.75, 3.05) is 0 Å².